The number of hydrogen-bond donors (Lipinski definition) is 2. The highest BCUT2D eigenvalue weighted by atomic mass is 35.5. The third-order valence-corrected chi connectivity index (χ3v) is 4.09. The van der Waals surface area contributed by atoms with E-state index in [2.05, 4.69) is 5.32 Å². The molecule has 0 aliphatic heterocycles. The summed E-state index contributed by atoms with van der Waals surface area (Å²) in [5.41, 5.74) is 5.20. The molecule has 1 aromatic rings. The molecule has 0 heterocycles. The molecule has 0 aromatic heterocycles. The number of carbonyl (C=O) groups excluding carboxylic acids is 3. The van der Waals surface area contributed by atoms with E-state index in [4.69, 9.17) is 38.4 Å². The molecule has 2 unspecified atom stereocenters. The van der Waals surface area contributed by atoms with Gasteiger partial charge in [-0.3, -0.25) is 9.59 Å². The summed E-state index contributed by atoms with van der Waals surface area (Å²) in [6, 6.07) is 2.64. The van der Waals surface area contributed by atoms with E-state index in [1.165, 1.54) is 19.2 Å². The Bertz CT molecular complexity index is 683. The van der Waals surface area contributed by atoms with E-state index in [9.17, 15) is 14.4 Å². The zero-order chi connectivity index (χ0) is 20.8. The highest BCUT2D eigenvalue weighted by molar-refractivity contribution is 6.39. The summed E-state index contributed by atoms with van der Waals surface area (Å²) in [7, 11) is 1.19. The topological polar surface area (TPSA) is 108 Å². The number of esters is 2. The summed E-state index contributed by atoms with van der Waals surface area (Å²) < 4.78 is 9.90. The van der Waals surface area contributed by atoms with E-state index in [0.29, 0.717) is 0 Å². The van der Waals surface area contributed by atoms with Gasteiger partial charge in [-0.25, -0.2) is 4.79 Å². The summed E-state index contributed by atoms with van der Waals surface area (Å²) in [6.07, 6.45) is 0.173. The second-order valence-electron chi connectivity index (χ2n) is 6.86. The molecule has 27 heavy (non-hydrogen) atoms. The smallest absolute Gasteiger partial charge is 0.328 e. The highest BCUT2D eigenvalue weighted by Gasteiger charge is 2.28. The Labute approximate surface area is 168 Å². The Morgan fingerprint density at radius 1 is 1.11 bits per heavy atom. The Hall–Kier alpha value is -1.83. The maximum Gasteiger partial charge on any atom is 0.328 e. The van der Waals surface area contributed by atoms with Crippen LogP contribution in [0.15, 0.2) is 18.2 Å². The number of carbonyl (C=O) groups is 3. The van der Waals surface area contributed by atoms with Crippen LogP contribution in [0.2, 0.25) is 10.0 Å². The average molecular weight is 419 g/mol. The van der Waals surface area contributed by atoms with E-state index in [1.807, 2.05) is 0 Å². The van der Waals surface area contributed by atoms with Crippen molar-refractivity contribution in [2.75, 3.05) is 7.11 Å². The molecule has 9 heteroatoms. The molecule has 0 bridgehead atoms. The van der Waals surface area contributed by atoms with Crippen LogP contribution in [0.25, 0.3) is 0 Å². The van der Waals surface area contributed by atoms with Crippen molar-refractivity contribution in [1.29, 1.82) is 0 Å². The first kappa shape index (κ1) is 23.2. The van der Waals surface area contributed by atoms with Crippen LogP contribution in [0, 0.1) is 0 Å². The molecule has 0 aliphatic carbocycles. The van der Waals surface area contributed by atoms with Crippen LogP contribution >= 0.6 is 23.2 Å². The molecular weight excluding hydrogens is 395 g/mol. The number of nitrogens with one attached hydrogen (secondary N) is 1. The largest absolute Gasteiger partial charge is 0.467 e. The van der Waals surface area contributed by atoms with Crippen molar-refractivity contribution in [2.24, 2.45) is 5.73 Å². The molecule has 0 aliphatic rings. The van der Waals surface area contributed by atoms with Crippen LogP contribution in [0.5, 0.6) is 0 Å². The number of methoxy groups -OCH3 is 1. The highest BCUT2D eigenvalue weighted by Crippen LogP contribution is 2.24. The fourth-order valence-electron chi connectivity index (χ4n) is 2.18. The monoisotopic (exact) mass is 418 g/mol. The van der Waals surface area contributed by atoms with Gasteiger partial charge in [0.1, 0.15) is 17.7 Å². The first-order valence-corrected chi connectivity index (χ1v) is 9.03. The average Bonchev–Trinajstić information content (AvgIpc) is 2.55. The van der Waals surface area contributed by atoms with Crippen molar-refractivity contribution in [3.05, 3.63) is 33.8 Å². The number of amides is 1. The number of nitrogens with two attached hydrogens (primary N) is 1. The Balaban J connectivity index is 2.81. The Kier molecular flexibility index (Phi) is 8.53. The summed E-state index contributed by atoms with van der Waals surface area (Å²) in [5.74, 6) is -1.90. The Morgan fingerprint density at radius 3 is 2.15 bits per heavy atom. The molecule has 0 saturated carbocycles. The summed E-state index contributed by atoms with van der Waals surface area (Å²) in [6.45, 7) is 5.17. The molecule has 0 radical (unpaired) electrons. The van der Waals surface area contributed by atoms with E-state index in [0.717, 1.165) is 0 Å². The number of rotatable bonds is 7. The van der Waals surface area contributed by atoms with Crippen LogP contribution in [0.3, 0.4) is 0 Å². The lowest BCUT2D eigenvalue weighted by molar-refractivity contribution is -0.157. The number of benzene rings is 1. The molecule has 0 fully saturated rings. The van der Waals surface area contributed by atoms with Crippen molar-refractivity contribution in [1.82, 2.24) is 5.32 Å². The van der Waals surface area contributed by atoms with Gasteiger partial charge in [-0.15, -0.1) is 0 Å². The fraction of sp³-hybridized carbons (Fsp3) is 0.500. The van der Waals surface area contributed by atoms with Crippen molar-refractivity contribution in [2.45, 2.75) is 51.3 Å². The molecule has 1 rings (SSSR count). The van der Waals surface area contributed by atoms with Crippen molar-refractivity contribution in [3.63, 3.8) is 0 Å². The fourth-order valence-corrected chi connectivity index (χ4v) is 2.75. The van der Waals surface area contributed by atoms with Gasteiger partial charge in [-0.2, -0.15) is 0 Å². The summed E-state index contributed by atoms with van der Waals surface area (Å²) in [4.78, 5) is 36.4. The van der Waals surface area contributed by atoms with Gasteiger partial charge in [-0.1, -0.05) is 29.3 Å². The molecule has 1 amide bonds. The van der Waals surface area contributed by atoms with Gasteiger partial charge in [0.2, 0.25) is 0 Å². The molecular formula is C18H24Cl2N2O5. The van der Waals surface area contributed by atoms with Gasteiger partial charge in [-0.05, 0) is 45.7 Å². The lowest BCUT2D eigenvalue weighted by atomic mass is 10.1. The van der Waals surface area contributed by atoms with Crippen molar-refractivity contribution in [3.8, 4) is 0 Å². The zero-order valence-electron chi connectivity index (χ0n) is 15.7. The second-order valence-corrected chi connectivity index (χ2v) is 7.68. The predicted molar refractivity (Wildman–Crippen MR) is 103 cm³/mol. The van der Waals surface area contributed by atoms with Crippen molar-refractivity contribution < 1.29 is 23.9 Å². The SMILES string of the molecule is COC(=O)C(CCC(N)C(=O)OC(C)(C)C)NC(=O)c1c(Cl)cccc1Cl. The van der Waals surface area contributed by atoms with Gasteiger partial charge in [0.05, 0.1) is 22.7 Å². The molecule has 7 nitrogen and oxygen atoms in total. The second kappa shape index (κ2) is 9.92. The van der Waals surface area contributed by atoms with Crippen molar-refractivity contribution >= 4 is 41.0 Å². The van der Waals surface area contributed by atoms with Crippen LogP contribution in [-0.2, 0) is 19.1 Å². The van der Waals surface area contributed by atoms with Crippen LogP contribution in [0.4, 0.5) is 0 Å². The molecule has 3 N–H and O–H groups in total. The maximum absolute atomic E-state index is 12.5. The minimum absolute atomic E-state index is 0.0474. The van der Waals surface area contributed by atoms with Crippen LogP contribution < -0.4 is 11.1 Å². The normalized spacial score (nSPS) is 13.4. The zero-order valence-corrected chi connectivity index (χ0v) is 17.2. The standard InChI is InChI=1S/C18H24Cl2N2O5/c1-18(2,3)27-16(24)12(21)8-9-13(17(25)26-4)22-15(23)14-10(19)6-5-7-11(14)20/h5-7,12-13H,8-9,21H2,1-4H3,(H,22,23). The molecule has 0 saturated heterocycles. The predicted octanol–water partition coefficient (Wildman–Crippen LogP) is 2.71. The minimum Gasteiger partial charge on any atom is -0.467 e. The first-order valence-electron chi connectivity index (χ1n) is 8.27. The minimum atomic E-state index is -1.02. The van der Waals surface area contributed by atoms with Gasteiger partial charge in [0.25, 0.3) is 5.91 Å². The molecule has 150 valence electrons. The van der Waals surface area contributed by atoms with E-state index < -0.39 is 35.5 Å². The van der Waals surface area contributed by atoms with Gasteiger partial charge in [0.15, 0.2) is 0 Å². The van der Waals surface area contributed by atoms with Crippen LogP contribution in [0.1, 0.15) is 44.0 Å². The quantitative estimate of drug-likeness (QED) is 0.658. The Morgan fingerprint density at radius 2 is 1.67 bits per heavy atom. The summed E-state index contributed by atoms with van der Waals surface area (Å²) in [5, 5.41) is 2.81. The maximum atomic E-state index is 12.5. The first-order chi connectivity index (χ1) is 12.5. The summed E-state index contributed by atoms with van der Waals surface area (Å²) >= 11 is 12.0. The number of ether oxygens (including phenoxy) is 2. The van der Waals surface area contributed by atoms with E-state index in [-0.39, 0.29) is 28.5 Å². The lowest BCUT2D eigenvalue weighted by Gasteiger charge is -2.23. The number of hydrogen-bond acceptors (Lipinski definition) is 6. The van der Waals surface area contributed by atoms with E-state index >= 15 is 0 Å². The van der Waals surface area contributed by atoms with Gasteiger partial charge < -0.3 is 20.5 Å². The third kappa shape index (κ3) is 7.36. The van der Waals surface area contributed by atoms with E-state index in [1.54, 1.807) is 26.8 Å². The lowest BCUT2D eigenvalue weighted by Crippen LogP contribution is -2.44. The molecule has 0 spiro atoms. The molecule has 2 atom stereocenters. The molecule has 1 aromatic carbocycles. The third-order valence-electron chi connectivity index (χ3n) is 3.46. The number of halogens is 2. The van der Waals surface area contributed by atoms with Gasteiger partial charge >= 0.3 is 11.9 Å². The van der Waals surface area contributed by atoms with Gasteiger partial charge in [0, 0.05) is 0 Å². The van der Waals surface area contributed by atoms with Crippen LogP contribution in [-0.4, -0.2) is 42.6 Å².